The second kappa shape index (κ2) is 5.48. The fourth-order valence-corrected chi connectivity index (χ4v) is 0.666. The molecular formula is C6H11Cl3O. The van der Waals surface area contributed by atoms with E-state index in [2.05, 4.69) is 6.92 Å². The van der Waals surface area contributed by atoms with Crippen LogP contribution < -0.4 is 0 Å². The van der Waals surface area contributed by atoms with Crippen LogP contribution in [0.2, 0.25) is 0 Å². The minimum Gasteiger partial charge on any atom is -0.377 e. The monoisotopic (exact) mass is 204 g/mol. The Morgan fingerprint density at radius 1 is 1.30 bits per heavy atom. The SMILES string of the molecule is CCCCOCC(Cl)(Cl)Cl. The number of halogens is 3. The van der Waals surface area contributed by atoms with Gasteiger partial charge in [-0.3, -0.25) is 0 Å². The molecule has 0 spiro atoms. The van der Waals surface area contributed by atoms with Crippen molar-refractivity contribution in [3.63, 3.8) is 0 Å². The maximum atomic E-state index is 5.42. The number of hydrogen-bond acceptors (Lipinski definition) is 1. The fourth-order valence-electron chi connectivity index (χ4n) is 0.434. The van der Waals surface area contributed by atoms with Gasteiger partial charge in [0.25, 0.3) is 0 Å². The number of rotatable bonds is 4. The Labute approximate surface area is 76.6 Å². The van der Waals surface area contributed by atoms with Crippen molar-refractivity contribution >= 4 is 34.8 Å². The van der Waals surface area contributed by atoms with E-state index < -0.39 is 3.79 Å². The highest BCUT2D eigenvalue weighted by atomic mass is 35.6. The van der Waals surface area contributed by atoms with Crippen LogP contribution in [0.25, 0.3) is 0 Å². The third kappa shape index (κ3) is 8.83. The molecule has 0 N–H and O–H groups in total. The molecule has 0 aliphatic heterocycles. The molecule has 0 aromatic heterocycles. The van der Waals surface area contributed by atoms with Gasteiger partial charge in [-0.15, -0.1) is 0 Å². The molecule has 0 fully saturated rings. The van der Waals surface area contributed by atoms with Gasteiger partial charge in [0.05, 0.1) is 6.61 Å². The molecule has 0 aromatic carbocycles. The maximum absolute atomic E-state index is 5.42. The zero-order chi connectivity index (χ0) is 8.04. The second-order valence-electron chi connectivity index (χ2n) is 2.02. The van der Waals surface area contributed by atoms with Crippen molar-refractivity contribution in [1.29, 1.82) is 0 Å². The second-order valence-corrected chi connectivity index (χ2v) is 4.54. The van der Waals surface area contributed by atoms with Gasteiger partial charge >= 0.3 is 0 Å². The molecule has 0 amide bonds. The van der Waals surface area contributed by atoms with E-state index in [0.29, 0.717) is 6.61 Å². The molecule has 62 valence electrons. The van der Waals surface area contributed by atoms with Crippen molar-refractivity contribution in [1.82, 2.24) is 0 Å². The van der Waals surface area contributed by atoms with Crippen LogP contribution in [0.5, 0.6) is 0 Å². The molecule has 4 heteroatoms. The van der Waals surface area contributed by atoms with Gasteiger partial charge in [-0.2, -0.15) is 0 Å². The molecular weight excluding hydrogens is 194 g/mol. The van der Waals surface area contributed by atoms with E-state index >= 15 is 0 Å². The molecule has 0 saturated heterocycles. The highest BCUT2D eigenvalue weighted by Gasteiger charge is 2.18. The number of ether oxygens (including phenoxy) is 1. The number of unbranched alkanes of at least 4 members (excludes halogenated alkanes) is 1. The molecule has 0 saturated carbocycles. The summed E-state index contributed by atoms with van der Waals surface area (Å²) in [4.78, 5) is 0. The molecule has 0 unspecified atom stereocenters. The van der Waals surface area contributed by atoms with Crippen molar-refractivity contribution < 1.29 is 4.74 Å². The molecule has 0 atom stereocenters. The summed E-state index contributed by atoms with van der Waals surface area (Å²) in [6.45, 7) is 2.93. The Morgan fingerprint density at radius 2 is 1.90 bits per heavy atom. The molecule has 10 heavy (non-hydrogen) atoms. The summed E-state index contributed by atoms with van der Waals surface area (Å²) in [6, 6.07) is 0. The van der Waals surface area contributed by atoms with E-state index in [-0.39, 0.29) is 6.61 Å². The summed E-state index contributed by atoms with van der Waals surface area (Å²) >= 11 is 16.3. The fraction of sp³-hybridized carbons (Fsp3) is 1.00. The van der Waals surface area contributed by atoms with Gasteiger partial charge in [0, 0.05) is 6.61 Å². The van der Waals surface area contributed by atoms with Crippen LogP contribution in [0.4, 0.5) is 0 Å². The lowest BCUT2D eigenvalue weighted by Gasteiger charge is -2.10. The normalized spacial score (nSPS) is 12.0. The first kappa shape index (κ1) is 10.8. The van der Waals surface area contributed by atoms with Crippen molar-refractivity contribution in [2.45, 2.75) is 23.6 Å². The summed E-state index contributed by atoms with van der Waals surface area (Å²) in [6.07, 6.45) is 2.11. The molecule has 1 nitrogen and oxygen atoms in total. The standard InChI is InChI=1S/C6H11Cl3O/c1-2-3-4-10-5-6(7,8)9/h2-5H2,1H3. The maximum Gasteiger partial charge on any atom is 0.213 e. The van der Waals surface area contributed by atoms with E-state index in [1.54, 1.807) is 0 Å². The topological polar surface area (TPSA) is 9.23 Å². The summed E-state index contributed by atoms with van der Waals surface area (Å²) in [7, 11) is 0. The van der Waals surface area contributed by atoms with Crippen LogP contribution in [-0.2, 0) is 4.74 Å². The predicted octanol–water partition coefficient (Wildman–Crippen LogP) is 3.17. The number of hydrogen-bond donors (Lipinski definition) is 0. The Hall–Kier alpha value is 0.830. The quantitative estimate of drug-likeness (QED) is 0.506. The lowest BCUT2D eigenvalue weighted by atomic mass is 10.4. The van der Waals surface area contributed by atoms with Gasteiger partial charge in [-0.25, -0.2) is 0 Å². The number of alkyl halides is 3. The van der Waals surface area contributed by atoms with Crippen molar-refractivity contribution in [2.75, 3.05) is 13.2 Å². The molecule has 0 aromatic rings. The Balaban J connectivity index is 3.04. The zero-order valence-corrected chi connectivity index (χ0v) is 8.14. The summed E-state index contributed by atoms with van der Waals surface area (Å²) in [5.74, 6) is 0. The first-order valence-electron chi connectivity index (χ1n) is 3.20. The third-order valence-corrected chi connectivity index (χ3v) is 1.24. The summed E-state index contributed by atoms with van der Waals surface area (Å²) < 4.78 is 3.79. The summed E-state index contributed by atoms with van der Waals surface area (Å²) in [5.41, 5.74) is 0. The van der Waals surface area contributed by atoms with E-state index in [4.69, 9.17) is 39.5 Å². The summed E-state index contributed by atoms with van der Waals surface area (Å²) in [5, 5.41) is 0. The van der Waals surface area contributed by atoms with E-state index in [0.717, 1.165) is 12.8 Å². The average Bonchev–Trinajstić information content (AvgIpc) is 1.78. The lowest BCUT2D eigenvalue weighted by molar-refractivity contribution is 0.136. The van der Waals surface area contributed by atoms with Crippen LogP contribution >= 0.6 is 34.8 Å². The third-order valence-electron chi connectivity index (χ3n) is 0.908. The van der Waals surface area contributed by atoms with E-state index in [9.17, 15) is 0 Å². The predicted molar refractivity (Wildman–Crippen MR) is 46.0 cm³/mol. The largest absolute Gasteiger partial charge is 0.377 e. The lowest BCUT2D eigenvalue weighted by Crippen LogP contribution is -2.13. The smallest absolute Gasteiger partial charge is 0.213 e. The zero-order valence-electron chi connectivity index (χ0n) is 5.87. The average molecular weight is 206 g/mol. The van der Waals surface area contributed by atoms with Gasteiger partial charge < -0.3 is 4.74 Å². The van der Waals surface area contributed by atoms with Gasteiger partial charge in [0.2, 0.25) is 3.79 Å². The Bertz CT molecular complexity index is 79.6. The minimum atomic E-state index is -1.26. The van der Waals surface area contributed by atoms with Crippen LogP contribution in [0.3, 0.4) is 0 Å². The van der Waals surface area contributed by atoms with Gasteiger partial charge in [0.1, 0.15) is 0 Å². The van der Waals surface area contributed by atoms with Crippen molar-refractivity contribution in [3.8, 4) is 0 Å². The molecule has 0 rings (SSSR count). The van der Waals surface area contributed by atoms with Gasteiger partial charge in [0.15, 0.2) is 0 Å². The van der Waals surface area contributed by atoms with Gasteiger partial charge in [-0.05, 0) is 6.42 Å². The molecule has 0 radical (unpaired) electrons. The van der Waals surface area contributed by atoms with Crippen LogP contribution in [0.1, 0.15) is 19.8 Å². The molecule has 0 bridgehead atoms. The highest BCUT2D eigenvalue weighted by molar-refractivity contribution is 6.67. The van der Waals surface area contributed by atoms with E-state index in [1.807, 2.05) is 0 Å². The van der Waals surface area contributed by atoms with Crippen molar-refractivity contribution in [2.24, 2.45) is 0 Å². The van der Waals surface area contributed by atoms with Crippen LogP contribution in [0, 0.1) is 0 Å². The molecule has 0 aliphatic carbocycles. The minimum absolute atomic E-state index is 0.178. The first-order chi connectivity index (χ1) is 4.56. The van der Waals surface area contributed by atoms with Crippen LogP contribution in [0.15, 0.2) is 0 Å². The Morgan fingerprint density at radius 3 is 2.30 bits per heavy atom. The highest BCUT2D eigenvalue weighted by Crippen LogP contribution is 2.25. The van der Waals surface area contributed by atoms with E-state index in [1.165, 1.54) is 0 Å². The Kier molecular flexibility index (Phi) is 5.93. The molecule has 0 aliphatic rings. The molecule has 0 heterocycles. The first-order valence-corrected chi connectivity index (χ1v) is 4.34. The van der Waals surface area contributed by atoms with Crippen molar-refractivity contribution in [3.05, 3.63) is 0 Å². The van der Waals surface area contributed by atoms with Crippen LogP contribution in [-0.4, -0.2) is 17.0 Å². The van der Waals surface area contributed by atoms with Gasteiger partial charge in [-0.1, -0.05) is 48.1 Å².